The number of nitrogens with two attached hydrogens (primary N) is 1. The SMILES string of the molecule is Cc1ccc(C(NN)c2cnn(C)c2)s1. The van der Waals surface area contributed by atoms with Gasteiger partial charge < -0.3 is 0 Å². The summed E-state index contributed by atoms with van der Waals surface area (Å²) in [6, 6.07) is 4.23. The van der Waals surface area contributed by atoms with Crippen LogP contribution in [0.1, 0.15) is 21.4 Å². The number of hydrazine groups is 1. The standard InChI is InChI=1S/C10H14N4S/c1-7-3-4-9(15-7)10(13-11)8-5-12-14(2)6-8/h3-6,10,13H,11H2,1-2H3. The van der Waals surface area contributed by atoms with Gasteiger partial charge in [0.05, 0.1) is 12.2 Å². The van der Waals surface area contributed by atoms with E-state index in [0.29, 0.717) is 0 Å². The van der Waals surface area contributed by atoms with Crippen molar-refractivity contribution in [3.05, 3.63) is 39.8 Å². The molecule has 5 heteroatoms. The molecule has 0 bridgehead atoms. The molecule has 0 aliphatic carbocycles. The van der Waals surface area contributed by atoms with Crippen LogP contribution < -0.4 is 11.3 Å². The Bertz CT molecular complexity index is 405. The van der Waals surface area contributed by atoms with E-state index in [1.54, 1.807) is 16.0 Å². The summed E-state index contributed by atoms with van der Waals surface area (Å²) in [4.78, 5) is 2.50. The molecule has 0 saturated carbocycles. The van der Waals surface area contributed by atoms with Gasteiger partial charge in [-0.05, 0) is 19.1 Å². The molecule has 0 radical (unpaired) electrons. The van der Waals surface area contributed by atoms with Crippen LogP contribution in [0, 0.1) is 6.92 Å². The van der Waals surface area contributed by atoms with E-state index in [1.807, 2.05) is 19.4 Å². The van der Waals surface area contributed by atoms with Crippen LogP contribution in [0.5, 0.6) is 0 Å². The zero-order valence-corrected chi connectivity index (χ0v) is 9.58. The maximum Gasteiger partial charge on any atom is 0.0833 e. The van der Waals surface area contributed by atoms with Crippen molar-refractivity contribution in [1.82, 2.24) is 15.2 Å². The van der Waals surface area contributed by atoms with E-state index in [1.165, 1.54) is 9.75 Å². The van der Waals surface area contributed by atoms with Gasteiger partial charge in [-0.2, -0.15) is 5.10 Å². The van der Waals surface area contributed by atoms with Gasteiger partial charge in [-0.1, -0.05) is 0 Å². The third-order valence-corrected chi connectivity index (χ3v) is 3.34. The lowest BCUT2D eigenvalue weighted by Crippen LogP contribution is -2.27. The fourth-order valence-electron chi connectivity index (χ4n) is 1.54. The number of aryl methyl sites for hydroxylation is 2. The predicted octanol–water partition coefficient (Wildman–Crippen LogP) is 1.34. The fraction of sp³-hybridized carbons (Fsp3) is 0.300. The highest BCUT2D eigenvalue weighted by Gasteiger charge is 2.15. The summed E-state index contributed by atoms with van der Waals surface area (Å²) in [5, 5.41) is 4.14. The van der Waals surface area contributed by atoms with E-state index in [2.05, 4.69) is 29.6 Å². The Hall–Kier alpha value is -1.17. The first kappa shape index (κ1) is 10.4. The second kappa shape index (κ2) is 4.14. The Labute approximate surface area is 92.7 Å². The van der Waals surface area contributed by atoms with Crippen LogP contribution >= 0.6 is 11.3 Å². The van der Waals surface area contributed by atoms with E-state index in [0.717, 1.165) is 5.56 Å². The van der Waals surface area contributed by atoms with E-state index in [4.69, 9.17) is 5.84 Å². The zero-order chi connectivity index (χ0) is 10.8. The van der Waals surface area contributed by atoms with E-state index >= 15 is 0 Å². The lowest BCUT2D eigenvalue weighted by atomic mass is 10.1. The van der Waals surface area contributed by atoms with Crippen molar-refractivity contribution in [3.8, 4) is 0 Å². The molecule has 3 N–H and O–H groups in total. The van der Waals surface area contributed by atoms with E-state index in [-0.39, 0.29) is 6.04 Å². The minimum atomic E-state index is 0.0393. The molecule has 2 rings (SSSR count). The van der Waals surface area contributed by atoms with Gasteiger partial charge in [-0.15, -0.1) is 11.3 Å². The van der Waals surface area contributed by atoms with Gasteiger partial charge in [0.15, 0.2) is 0 Å². The summed E-state index contributed by atoms with van der Waals surface area (Å²) in [6.07, 6.45) is 3.80. The quantitative estimate of drug-likeness (QED) is 0.608. The van der Waals surface area contributed by atoms with Gasteiger partial charge in [-0.3, -0.25) is 10.5 Å². The lowest BCUT2D eigenvalue weighted by Gasteiger charge is -2.11. The Morgan fingerprint density at radius 3 is 2.80 bits per heavy atom. The van der Waals surface area contributed by atoms with Crippen molar-refractivity contribution < 1.29 is 0 Å². The highest BCUT2D eigenvalue weighted by molar-refractivity contribution is 7.12. The molecule has 0 spiro atoms. The largest absolute Gasteiger partial charge is 0.275 e. The smallest absolute Gasteiger partial charge is 0.0833 e. The summed E-state index contributed by atoms with van der Waals surface area (Å²) in [5.41, 5.74) is 3.90. The molecular formula is C10H14N4S. The van der Waals surface area contributed by atoms with Crippen molar-refractivity contribution >= 4 is 11.3 Å². The first-order valence-corrected chi connectivity index (χ1v) is 5.53. The van der Waals surface area contributed by atoms with Crippen LogP contribution in [-0.4, -0.2) is 9.78 Å². The molecule has 15 heavy (non-hydrogen) atoms. The summed E-state index contributed by atoms with van der Waals surface area (Å²) in [6.45, 7) is 2.09. The maximum absolute atomic E-state index is 5.57. The molecule has 4 nitrogen and oxygen atoms in total. The minimum Gasteiger partial charge on any atom is -0.275 e. The summed E-state index contributed by atoms with van der Waals surface area (Å²) >= 11 is 1.74. The number of hydrogen-bond acceptors (Lipinski definition) is 4. The molecule has 0 amide bonds. The number of nitrogens with one attached hydrogen (secondary N) is 1. The predicted molar refractivity (Wildman–Crippen MR) is 61.4 cm³/mol. The molecule has 2 heterocycles. The third-order valence-electron chi connectivity index (χ3n) is 2.27. The highest BCUT2D eigenvalue weighted by atomic mass is 32.1. The average Bonchev–Trinajstić information content (AvgIpc) is 2.78. The Balaban J connectivity index is 2.32. The molecule has 1 atom stereocenters. The van der Waals surface area contributed by atoms with Crippen LogP contribution in [0.2, 0.25) is 0 Å². The highest BCUT2D eigenvalue weighted by Crippen LogP contribution is 2.27. The molecular weight excluding hydrogens is 208 g/mol. The molecule has 0 fully saturated rings. The molecule has 0 saturated heterocycles. The van der Waals surface area contributed by atoms with Crippen LogP contribution in [0.4, 0.5) is 0 Å². The number of hydrogen-bond donors (Lipinski definition) is 2. The number of aromatic nitrogens is 2. The van der Waals surface area contributed by atoms with Crippen LogP contribution in [0.25, 0.3) is 0 Å². The van der Waals surface area contributed by atoms with Gasteiger partial charge >= 0.3 is 0 Å². The summed E-state index contributed by atoms with van der Waals surface area (Å²) < 4.78 is 1.78. The summed E-state index contributed by atoms with van der Waals surface area (Å²) in [7, 11) is 1.90. The molecule has 0 aromatic carbocycles. The van der Waals surface area contributed by atoms with E-state index in [9.17, 15) is 0 Å². The molecule has 0 aliphatic heterocycles. The van der Waals surface area contributed by atoms with Crippen molar-refractivity contribution in [1.29, 1.82) is 0 Å². The second-order valence-corrected chi connectivity index (χ2v) is 4.81. The van der Waals surface area contributed by atoms with Crippen molar-refractivity contribution in [2.75, 3.05) is 0 Å². The van der Waals surface area contributed by atoms with Gasteiger partial charge in [0, 0.05) is 28.6 Å². The van der Waals surface area contributed by atoms with Gasteiger partial charge in [0.2, 0.25) is 0 Å². The van der Waals surface area contributed by atoms with Crippen LogP contribution in [0.3, 0.4) is 0 Å². The van der Waals surface area contributed by atoms with Crippen LogP contribution in [0.15, 0.2) is 24.5 Å². The molecule has 0 aliphatic rings. The van der Waals surface area contributed by atoms with Crippen LogP contribution in [-0.2, 0) is 7.05 Å². The Morgan fingerprint density at radius 2 is 2.33 bits per heavy atom. The Morgan fingerprint density at radius 1 is 1.53 bits per heavy atom. The normalized spacial score (nSPS) is 13.0. The van der Waals surface area contributed by atoms with Crippen molar-refractivity contribution in [2.45, 2.75) is 13.0 Å². The number of thiophene rings is 1. The van der Waals surface area contributed by atoms with Gasteiger partial charge in [-0.25, -0.2) is 5.43 Å². The minimum absolute atomic E-state index is 0.0393. The Kier molecular flexibility index (Phi) is 2.86. The van der Waals surface area contributed by atoms with E-state index < -0.39 is 0 Å². The topological polar surface area (TPSA) is 55.9 Å². The van der Waals surface area contributed by atoms with Gasteiger partial charge in [0.1, 0.15) is 0 Å². The zero-order valence-electron chi connectivity index (χ0n) is 8.77. The molecule has 1 unspecified atom stereocenters. The van der Waals surface area contributed by atoms with Gasteiger partial charge in [0.25, 0.3) is 0 Å². The molecule has 2 aromatic rings. The molecule has 2 aromatic heterocycles. The maximum atomic E-state index is 5.57. The lowest BCUT2D eigenvalue weighted by molar-refractivity contribution is 0.645. The second-order valence-electron chi connectivity index (χ2n) is 3.50. The number of rotatable bonds is 3. The first-order valence-electron chi connectivity index (χ1n) is 4.71. The number of nitrogens with zero attached hydrogens (tertiary/aromatic N) is 2. The average molecular weight is 222 g/mol. The monoisotopic (exact) mass is 222 g/mol. The van der Waals surface area contributed by atoms with Crippen molar-refractivity contribution in [3.63, 3.8) is 0 Å². The summed E-state index contributed by atoms with van der Waals surface area (Å²) in [5.74, 6) is 5.57. The molecule has 80 valence electrons. The fourth-order valence-corrected chi connectivity index (χ4v) is 2.51. The van der Waals surface area contributed by atoms with Crippen molar-refractivity contribution in [2.24, 2.45) is 12.9 Å². The first-order chi connectivity index (χ1) is 7.20. The third kappa shape index (κ3) is 2.09.